The second kappa shape index (κ2) is 6.73. The third kappa shape index (κ3) is 4.07. The zero-order valence-corrected chi connectivity index (χ0v) is 12.7. The Morgan fingerprint density at radius 2 is 1.90 bits per heavy atom. The van der Waals surface area contributed by atoms with E-state index in [1.165, 1.54) is 50.9 Å². The summed E-state index contributed by atoms with van der Waals surface area (Å²) in [5.74, 6) is 1.98. The zero-order valence-electron chi connectivity index (χ0n) is 12.7. The number of likely N-dealkylation sites (tertiary alicyclic amines) is 1. The quantitative estimate of drug-likeness (QED) is 0.855. The Balaban J connectivity index is 1.51. The number of rotatable bonds is 6. The molecule has 0 radical (unpaired) electrons. The number of nitrogens with one attached hydrogen (secondary N) is 1. The van der Waals surface area contributed by atoms with Crippen molar-refractivity contribution in [3.05, 3.63) is 35.9 Å². The van der Waals surface area contributed by atoms with Crippen molar-refractivity contribution in [3.8, 4) is 0 Å². The van der Waals surface area contributed by atoms with Crippen molar-refractivity contribution >= 4 is 0 Å². The SMILES string of the molecule is CCN1CC(CC2CC2)CC(NCc2ccccc2)C1. The Kier molecular flexibility index (Phi) is 4.74. The summed E-state index contributed by atoms with van der Waals surface area (Å²) in [6.45, 7) is 7.07. The van der Waals surface area contributed by atoms with E-state index in [0.29, 0.717) is 6.04 Å². The van der Waals surface area contributed by atoms with Crippen molar-refractivity contribution in [2.45, 2.75) is 45.2 Å². The summed E-state index contributed by atoms with van der Waals surface area (Å²) in [5, 5.41) is 3.78. The van der Waals surface area contributed by atoms with Crippen molar-refractivity contribution in [1.82, 2.24) is 10.2 Å². The van der Waals surface area contributed by atoms with Gasteiger partial charge in [-0.25, -0.2) is 0 Å². The van der Waals surface area contributed by atoms with Gasteiger partial charge in [0.25, 0.3) is 0 Å². The highest BCUT2D eigenvalue weighted by Gasteiger charge is 2.31. The van der Waals surface area contributed by atoms with Gasteiger partial charge in [0.1, 0.15) is 0 Å². The Morgan fingerprint density at radius 1 is 1.10 bits per heavy atom. The first-order valence-electron chi connectivity index (χ1n) is 8.33. The summed E-state index contributed by atoms with van der Waals surface area (Å²) in [5.41, 5.74) is 1.40. The third-order valence-corrected chi connectivity index (χ3v) is 4.86. The summed E-state index contributed by atoms with van der Waals surface area (Å²) < 4.78 is 0. The van der Waals surface area contributed by atoms with Crippen LogP contribution in [0, 0.1) is 11.8 Å². The first kappa shape index (κ1) is 14.1. The molecule has 2 heteroatoms. The van der Waals surface area contributed by atoms with E-state index in [-0.39, 0.29) is 0 Å². The first-order chi connectivity index (χ1) is 9.83. The van der Waals surface area contributed by atoms with E-state index in [1.807, 2.05) is 0 Å². The molecule has 3 rings (SSSR count). The van der Waals surface area contributed by atoms with Crippen molar-refractivity contribution in [1.29, 1.82) is 0 Å². The highest BCUT2D eigenvalue weighted by molar-refractivity contribution is 5.14. The zero-order chi connectivity index (χ0) is 13.8. The molecule has 1 heterocycles. The molecular formula is C18H28N2. The molecule has 1 saturated carbocycles. The maximum absolute atomic E-state index is 3.78. The van der Waals surface area contributed by atoms with Crippen LogP contribution in [0.25, 0.3) is 0 Å². The number of likely N-dealkylation sites (N-methyl/N-ethyl adjacent to an activating group) is 1. The van der Waals surface area contributed by atoms with Gasteiger partial charge in [-0.05, 0) is 36.8 Å². The Labute approximate surface area is 123 Å². The molecular weight excluding hydrogens is 244 g/mol. The predicted octanol–water partition coefficient (Wildman–Crippen LogP) is 3.29. The molecule has 0 spiro atoms. The van der Waals surface area contributed by atoms with Gasteiger partial charge in [-0.2, -0.15) is 0 Å². The Morgan fingerprint density at radius 3 is 2.60 bits per heavy atom. The molecule has 1 N–H and O–H groups in total. The minimum absolute atomic E-state index is 0.674. The van der Waals surface area contributed by atoms with E-state index < -0.39 is 0 Å². The minimum atomic E-state index is 0.674. The highest BCUT2D eigenvalue weighted by Crippen LogP contribution is 2.37. The smallest absolute Gasteiger partial charge is 0.0208 e. The first-order valence-corrected chi connectivity index (χ1v) is 8.33. The number of hydrogen-bond donors (Lipinski definition) is 1. The van der Waals surface area contributed by atoms with E-state index in [1.54, 1.807) is 0 Å². The van der Waals surface area contributed by atoms with Crippen LogP contribution in [0.1, 0.15) is 38.2 Å². The van der Waals surface area contributed by atoms with Crippen LogP contribution in [0.4, 0.5) is 0 Å². The molecule has 1 aromatic rings. The average molecular weight is 272 g/mol. The molecule has 2 nitrogen and oxygen atoms in total. The van der Waals surface area contributed by atoms with E-state index >= 15 is 0 Å². The van der Waals surface area contributed by atoms with Crippen LogP contribution in [0.3, 0.4) is 0 Å². The van der Waals surface area contributed by atoms with Gasteiger partial charge in [0.15, 0.2) is 0 Å². The molecule has 0 aromatic heterocycles. The predicted molar refractivity (Wildman–Crippen MR) is 84.6 cm³/mol. The minimum Gasteiger partial charge on any atom is -0.309 e. The fourth-order valence-electron chi connectivity index (χ4n) is 3.56. The van der Waals surface area contributed by atoms with Gasteiger partial charge in [0, 0.05) is 25.7 Å². The maximum Gasteiger partial charge on any atom is 0.0208 e. The fourth-order valence-corrected chi connectivity index (χ4v) is 3.56. The van der Waals surface area contributed by atoms with E-state index in [4.69, 9.17) is 0 Å². The molecule has 2 atom stereocenters. The lowest BCUT2D eigenvalue weighted by Gasteiger charge is -2.38. The summed E-state index contributed by atoms with van der Waals surface area (Å²) >= 11 is 0. The molecule has 1 saturated heterocycles. The van der Waals surface area contributed by atoms with Gasteiger partial charge >= 0.3 is 0 Å². The van der Waals surface area contributed by atoms with E-state index in [0.717, 1.165) is 18.4 Å². The summed E-state index contributed by atoms with van der Waals surface area (Å²) in [6.07, 6.45) is 5.83. The van der Waals surface area contributed by atoms with Gasteiger partial charge in [-0.15, -0.1) is 0 Å². The van der Waals surface area contributed by atoms with Gasteiger partial charge in [0.2, 0.25) is 0 Å². The van der Waals surface area contributed by atoms with Gasteiger partial charge in [-0.1, -0.05) is 50.1 Å². The highest BCUT2D eigenvalue weighted by atomic mass is 15.2. The summed E-state index contributed by atoms with van der Waals surface area (Å²) in [4.78, 5) is 2.64. The summed E-state index contributed by atoms with van der Waals surface area (Å²) in [7, 11) is 0. The molecule has 1 aliphatic carbocycles. The maximum atomic E-state index is 3.78. The Hall–Kier alpha value is -0.860. The third-order valence-electron chi connectivity index (χ3n) is 4.86. The fraction of sp³-hybridized carbons (Fsp3) is 0.667. The largest absolute Gasteiger partial charge is 0.309 e. The number of piperidine rings is 1. The van der Waals surface area contributed by atoms with Crippen molar-refractivity contribution in [3.63, 3.8) is 0 Å². The second-order valence-electron chi connectivity index (χ2n) is 6.70. The normalized spacial score (nSPS) is 27.6. The Bertz CT molecular complexity index is 399. The van der Waals surface area contributed by atoms with E-state index in [2.05, 4.69) is 47.5 Å². The molecule has 2 unspecified atom stereocenters. The van der Waals surface area contributed by atoms with Crippen LogP contribution < -0.4 is 5.32 Å². The number of nitrogens with zero attached hydrogens (tertiary/aromatic N) is 1. The van der Waals surface area contributed by atoms with E-state index in [9.17, 15) is 0 Å². The molecule has 20 heavy (non-hydrogen) atoms. The van der Waals surface area contributed by atoms with Gasteiger partial charge in [0.05, 0.1) is 0 Å². The van der Waals surface area contributed by atoms with Crippen LogP contribution in [0.2, 0.25) is 0 Å². The lowest BCUT2D eigenvalue weighted by molar-refractivity contribution is 0.138. The number of hydrogen-bond acceptors (Lipinski definition) is 2. The van der Waals surface area contributed by atoms with Crippen molar-refractivity contribution in [2.75, 3.05) is 19.6 Å². The molecule has 110 valence electrons. The van der Waals surface area contributed by atoms with Crippen molar-refractivity contribution < 1.29 is 0 Å². The van der Waals surface area contributed by atoms with Crippen LogP contribution in [0.5, 0.6) is 0 Å². The van der Waals surface area contributed by atoms with Crippen LogP contribution in [-0.4, -0.2) is 30.6 Å². The molecule has 2 fully saturated rings. The van der Waals surface area contributed by atoms with Gasteiger partial charge < -0.3 is 10.2 Å². The number of benzene rings is 1. The topological polar surface area (TPSA) is 15.3 Å². The van der Waals surface area contributed by atoms with Crippen LogP contribution >= 0.6 is 0 Å². The average Bonchev–Trinajstić information content (AvgIpc) is 3.30. The monoisotopic (exact) mass is 272 g/mol. The van der Waals surface area contributed by atoms with Crippen molar-refractivity contribution in [2.24, 2.45) is 11.8 Å². The second-order valence-corrected chi connectivity index (χ2v) is 6.70. The lowest BCUT2D eigenvalue weighted by atomic mass is 9.89. The van der Waals surface area contributed by atoms with Crippen LogP contribution in [0.15, 0.2) is 30.3 Å². The summed E-state index contributed by atoms with van der Waals surface area (Å²) in [6, 6.07) is 11.5. The molecule has 1 aliphatic heterocycles. The molecule has 2 aliphatic rings. The lowest BCUT2D eigenvalue weighted by Crippen LogP contribution is -2.49. The standard InChI is InChI=1S/C18H28N2/c1-2-20-13-17(10-15-8-9-15)11-18(14-20)19-12-16-6-4-3-5-7-16/h3-7,15,17-19H,2,8-14H2,1H3. The van der Waals surface area contributed by atoms with Crippen LogP contribution in [-0.2, 0) is 6.54 Å². The molecule has 0 amide bonds. The van der Waals surface area contributed by atoms with Gasteiger partial charge in [-0.3, -0.25) is 0 Å². The molecule has 0 bridgehead atoms. The molecule has 1 aromatic carbocycles.